The number of nitrogens with zero attached hydrogens (tertiary/aromatic N) is 1. The van der Waals surface area contributed by atoms with Gasteiger partial charge < -0.3 is 4.90 Å². The fourth-order valence-electron chi connectivity index (χ4n) is 5.00. The maximum atomic E-state index is 2.74. The van der Waals surface area contributed by atoms with Gasteiger partial charge in [-0.25, -0.2) is 0 Å². The van der Waals surface area contributed by atoms with Gasteiger partial charge in [-0.05, 0) is 47.9 Å². The number of rotatable bonds is 3. The normalized spacial score (nSPS) is 21.3. The molecule has 0 saturated heterocycles. The highest BCUT2D eigenvalue weighted by Gasteiger charge is 2.37. The summed E-state index contributed by atoms with van der Waals surface area (Å²) < 4.78 is 0. The van der Waals surface area contributed by atoms with Crippen molar-refractivity contribution >= 4 is 5.69 Å². The number of anilines is 1. The van der Waals surface area contributed by atoms with Crippen LogP contribution >= 0.6 is 0 Å². The lowest BCUT2D eigenvalue weighted by Crippen LogP contribution is -2.48. The van der Waals surface area contributed by atoms with Crippen molar-refractivity contribution in [2.24, 2.45) is 0 Å². The smallest absolute Gasteiger partial charge is 0.0434 e. The van der Waals surface area contributed by atoms with Gasteiger partial charge in [0.05, 0.1) is 0 Å². The molecule has 0 fully saturated rings. The van der Waals surface area contributed by atoms with E-state index in [4.69, 9.17) is 0 Å². The molecule has 0 spiro atoms. The zero-order valence-electron chi connectivity index (χ0n) is 15.1. The molecule has 2 aliphatic heterocycles. The van der Waals surface area contributed by atoms with Gasteiger partial charge in [-0.2, -0.15) is 0 Å². The second kappa shape index (κ2) is 6.64. The fourth-order valence-corrected chi connectivity index (χ4v) is 5.00. The van der Waals surface area contributed by atoms with Crippen LogP contribution in [0.1, 0.15) is 34.6 Å². The monoisotopic (exact) mass is 339 g/mol. The molecule has 1 nitrogen and oxygen atoms in total. The van der Waals surface area contributed by atoms with Crippen molar-refractivity contribution in [1.82, 2.24) is 0 Å². The number of aryl methyl sites for hydroxylation is 1. The van der Waals surface area contributed by atoms with Crippen LogP contribution in [0.15, 0.2) is 78.9 Å². The van der Waals surface area contributed by atoms with E-state index in [1.165, 1.54) is 30.5 Å². The highest BCUT2D eigenvalue weighted by molar-refractivity contribution is 5.65. The summed E-state index contributed by atoms with van der Waals surface area (Å²) in [4.78, 5) is 2.74. The van der Waals surface area contributed by atoms with Crippen molar-refractivity contribution in [3.8, 4) is 0 Å². The lowest BCUT2D eigenvalue weighted by atomic mass is 9.76. The molecule has 1 heteroatoms. The first kappa shape index (κ1) is 15.7. The van der Waals surface area contributed by atoms with Crippen molar-refractivity contribution < 1.29 is 0 Å². The third-order valence-corrected chi connectivity index (χ3v) is 6.16. The van der Waals surface area contributed by atoms with E-state index >= 15 is 0 Å². The van der Waals surface area contributed by atoms with Crippen molar-refractivity contribution in [1.29, 1.82) is 0 Å². The van der Waals surface area contributed by atoms with Gasteiger partial charge >= 0.3 is 0 Å². The highest BCUT2D eigenvalue weighted by atomic mass is 15.2. The summed E-state index contributed by atoms with van der Waals surface area (Å²) in [6.45, 7) is 1.19. The third-order valence-electron chi connectivity index (χ3n) is 6.16. The summed E-state index contributed by atoms with van der Waals surface area (Å²) in [5.41, 5.74) is 7.57. The maximum Gasteiger partial charge on any atom is 0.0434 e. The Morgan fingerprint density at radius 2 is 1.50 bits per heavy atom. The Morgan fingerprint density at radius 1 is 0.769 bits per heavy atom. The van der Waals surface area contributed by atoms with Crippen LogP contribution in [0.25, 0.3) is 0 Å². The molecule has 0 aromatic heterocycles. The molecule has 0 saturated carbocycles. The van der Waals surface area contributed by atoms with E-state index < -0.39 is 0 Å². The molecule has 3 aromatic carbocycles. The minimum atomic E-state index is 0.536. The van der Waals surface area contributed by atoms with Crippen molar-refractivity contribution in [3.63, 3.8) is 0 Å². The molecule has 3 aromatic rings. The Labute approximate surface area is 156 Å². The Kier molecular flexibility index (Phi) is 4.01. The molecule has 0 unspecified atom stereocenters. The first-order chi connectivity index (χ1) is 12.9. The zero-order chi connectivity index (χ0) is 17.3. The number of para-hydroxylation sites is 1. The summed E-state index contributed by atoms with van der Waals surface area (Å²) in [6, 6.07) is 29.7. The van der Waals surface area contributed by atoms with Gasteiger partial charge in [0.1, 0.15) is 0 Å². The first-order valence-electron chi connectivity index (χ1n) is 9.86. The molecule has 5 rings (SSSR count). The lowest BCUT2D eigenvalue weighted by Gasteiger charge is -2.47. The Bertz CT molecular complexity index is 885. The van der Waals surface area contributed by atoms with Gasteiger partial charge in [-0.15, -0.1) is 0 Å². The second-order valence-corrected chi connectivity index (χ2v) is 7.70. The summed E-state index contributed by atoms with van der Waals surface area (Å²) in [5, 5.41) is 0. The molecule has 0 bridgehead atoms. The van der Waals surface area contributed by atoms with Gasteiger partial charge in [-0.3, -0.25) is 0 Å². The Morgan fingerprint density at radius 3 is 2.31 bits per heavy atom. The second-order valence-electron chi connectivity index (χ2n) is 7.70. The standard InChI is InChI=1S/C25H25N/c1-3-9-19(10-4-1)17-24-23(20-11-5-2-6-12-20)18-22-14-7-13-21-15-8-16-26(24)25(21)22/h1-7,9-14,23-24H,8,15-18H2/t23-,24-/m1/s1. The van der Waals surface area contributed by atoms with Gasteiger partial charge in [0.15, 0.2) is 0 Å². The van der Waals surface area contributed by atoms with Gasteiger partial charge in [0.25, 0.3) is 0 Å². The molecule has 0 amide bonds. The van der Waals surface area contributed by atoms with E-state index in [1.54, 1.807) is 16.8 Å². The summed E-state index contributed by atoms with van der Waals surface area (Å²) in [6.07, 6.45) is 4.77. The van der Waals surface area contributed by atoms with E-state index in [2.05, 4.69) is 83.8 Å². The molecular formula is C25H25N. The van der Waals surface area contributed by atoms with Crippen LogP contribution in [0.3, 0.4) is 0 Å². The topological polar surface area (TPSA) is 3.24 Å². The van der Waals surface area contributed by atoms with Gasteiger partial charge in [0, 0.05) is 24.2 Å². The molecule has 130 valence electrons. The molecule has 0 N–H and O–H groups in total. The lowest BCUT2D eigenvalue weighted by molar-refractivity contribution is 0.446. The molecular weight excluding hydrogens is 314 g/mol. The Hall–Kier alpha value is -2.54. The molecule has 26 heavy (non-hydrogen) atoms. The fraction of sp³-hybridized carbons (Fsp3) is 0.280. The molecule has 2 atom stereocenters. The van der Waals surface area contributed by atoms with E-state index in [0.29, 0.717) is 12.0 Å². The maximum absolute atomic E-state index is 2.74. The third kappa shape index (κ3) is 2.72. The molecule has 2 heterocycles. The average Bonchev–Trinajstić information content (AvgIpc) is 2.71. The van der Waals surface area contributed by atoms with Crippen molar-refractivity contribution in [2.45, 2.75) is 37.6 Å². The van der Waals surface area contributed by atoms with Crippen molar-refractivity contribution in [2.75, 3.05) is 11.4 Å². The van der Waals surface area contributed by atoms with E-state index in [1.807, 2.05) is 0 Å². The quantitative estimate of drug-likeness (QED) is 0.618. The Balaban J connectivity index is 1.61. The van der Waals surface area contributed by atoms with E-state index in [0.717, 1.165) is 12.8 Å². The zero-order valence-corrected chi connectivity index (χ0v) is 15.1. The van der Waals surface area contributed by atoms with Crippen LogP contribution in [0.5, 0.6) is 0 Å². The van der Waals surface area contributed by atoms with E-state index in [-0.39, 0.29) is 0 Å². The molecule has 0 radical (unpaired) electrons. The predicted molar refractivity (Wildman–Crippen MR) is 109 cm³/mol. The van der Waals surface area contributed by atoms with Crippen molar-refractivity contribution in [3.05, 3.63) is 101 Å². The minimum absolute atomic E-state index is 0.536. The number of hydrogen-bond acceptors (Lipinski definition) is 1. The minimum Gasteiger partial charge on any atom is -0.367 e. The van der Waals surface area contributed by atoms with E-state index in [9.17, 15) is 0 Å². The average molecular weight is 339 g/mol. The summed E-state index contributed by atoms with van der Waals surface area (Å²) >= 11 is 0. The van der Waals surface area contributed by atoms with Crippen LogP contribution in [-0.2, 0) is 19.3 Å². The van der Waals surface area contributed by atoms with Crippen LogP contribution in [0.4, 0.5) is 5.69 Å². The molecule has 2 aliphatic rings. The SMILES string of the molecule is c1ccc(C[C@@H]2[C@@H](c3ccccc3)Cc3cccc4c3N2CCC4)cc1. The van der Waals surface area contributed by atoms with Crippen LogP contribution in [-0.4, -0.2) is 12.6 Å². The number of hydrogen-bond donors (Lipinski definition) is 0. The van der Waals surface area contributed by atoms with Crippen LogP contribution in [0, 0.1) is 0 Å². The predicted octanol–water partition coefficient (Wildman–Crippen LogP) is 5.39. The largest absolute Gasteiger partial charge is 0.367 e. The van der Waals surface area contributed by atoms with Gasteiger partial charge in [-0.1, -0.05) is 78.9 Å². The summed E-state index contributed by atoms with van der Waals surface area (Å²) in [5.74, 6) is 0.553. The summed E-state index contributed by atoms with van der Waals surface area (Å²) in [7, 11) is 0. The first-order valence-corrected chi connectivity index (χ1v) is 9.86. The molecule has 0 aliphatic carbocycles. The van der Waals surface area contributed by atoms with Crippen LogP contribution < -0.4 is 4.90 Å². The van der Waals surface area contributed by atoms with Crippen LogP contribution in [0.2, 0.25) is 0 Å². The highest BCUT2D eigenvalue weighted by Crippen LogP contribution is 2.44. The number of benzene rings is 3. The van der Waals surface area contributed by atoms with Gasteiger partial charge in [0.2, 0.25) is 0 Å².